The Morgan fingerprint density at radius 3 is 2.04 bits per heavy atom. The van der Waals surface area contributed by atoms with E-state index in [4.69, 9.17) is 18.6 Å². The zero-order chi connectivity index (χ0) is 19.8. The fourth-order valence-electron chi connectivity index (χ4n) is 2.74. The first-order valence-corrected chi connectivity index (χ1v) is 7.74. The van der Waals surface area contributed by atoms with Crippen LogP contribution in [-0.2, 0) is 6.18 Å². The molecule has 0 atom stereocenters. The summed E-state index contributed by atoms with van der Waals surface area (Å²) in [7, 11) is 4.07. The number of ether oxygens (including phenoxy) is 3. The van der Waals surface area contributed by atoms with Crippen molar-refractivity contribution < 1.29 is 31.8 Å². The van der Waals surface area contributed by atoms with Crippen LogP contribution in [-0.4, -0.2) is 21.3 Å². The predicted octanol–water partition coefficient (Wildman–Crippen LogP) is 4.50. The third kappa shape index (κ3) is 3.30. The van der Waals surface area contributed by atoms with Gasteiger partial charge in [-0.05, 0) is 24.3 Å². The second-order valence-electron chi connectivity index (χ2n) is 5.56. The molecule has 0 aliphatic carbocycles. The van der Waals surface area contributed by atoms with Crippen molar-refractivity contribution in [3.05, 3.63) is 52.2 Å². The van der Waals surface area contributed by atoms with Crippen LogP contribution in [0.15, 0.2) is 45.6 Å². The molecular weight excluding hydrogens is 365 g/mol. The maximum Gasteiger partial charge on any atom is 0.423 e. The van der Waals surface area contributed by atoms with Crippen molar-refractivity contribution >= 4 is 11.0 Å². The normalized spacial score (nSPS) is 11.5. The molecule has 8 heteroatoms. The van der Waals surface area contributed by atoms with Crippen molar-refractivity contribution in [1.29, 1.82) is 0 Å². The van der Waals surface area contributed by atoms with Crippen LogP contribution in [0.1, 0.15) is 5.56 Å². The van der Waals surface area contributed by atoms with E-state index in [1.54, 1.807) is 0 Å². The average molecular weight is 380 g/mol. The van der Waals surface area contributed by atoms with E-state index >= 15 is 0 Å². The molecule has 1 aromatic heterocycles. The van der Waals surface area contributed by atoms with Crippen molar-refractivity contribution in [3.8, 4) is 28.6 Å². The SMILES string of the molecule is COc1ccc(-c2oc3cc(OC)cc(OC)c3c(=O)c2C(F)(F)F)cc1. The molecule has 0 saturated carbocycles. The molecule has 0 unspecified atom stereocenters. The quantitative estimate of drug-likeness (QED) is 0.667. The van der Waals surface area contributed by atoms with E-state index in [9.17, 15) is 18.0 Å². The molecule has 1 heterocycles. The van der Waals surface area contributed by atoms with Crippen LogP contribution in [0, 0.1) is 0 Å². The van der Waals surface area contributed by atoms with Gasteiger partial charge in [-0.2, -0.15) is 13.2 Å². The highest BCUT2D eigenvalue weighted by Crippen LogP contribution is 2.39. The van der Waals surface area contributed by atoms with Gasteiger partial charge in [0.05, 0.1) is 21.3 Å². The molecule has 0 fully saturated rings. The Balaban J connectivity index is 2.42. The Labute approximate surface area is 151 Å². The van der Waals surface area contributed by atoms with Gasteiger partial charge in [0.2, 0.25) is 5.43 Å². The van der Waals surface area contributed by atoms with E-state index in [-0.39, 0.29) is 28.0 Å². The fourth-order valence-corrected chi connectivity index (χ4v) is 2.74. The molecular formula is C19H15F3O5. The van der Waals surface area contributed by atoms with E-state index in [1.165, 1.54) is 57.7 Å². The lowest BCUT2D eigenvalue weighted by Crippen LogP contribution is -2.21. The number of methoxy groups -OCH3 is 3. The zero-order valence-electron chi connectivity index (χ0n) is 14.6. The molecule has 5 nitrogen and oxygen atoms in total. The van der Waals surface area contributed by atoms with Crippen molar-refractivity contribution in [2.45, 2.75) is 6.18 Å². The summed E-state index contributed by atoms with van der Waals surface area (Å²) in [5.74, 6) is 0.0876. The van der Waals surface area contributed by atoms with E-state index in [1.807, 2.05) is 0 Å². The molecule has 27 heavy (non-hydrogen) atoms. The van der Waals surface area contributed by atoms with Crippen LogP contribution in [0.2, 0.25) is 0 Å². The minimum Gasteiger partial charge on any atom is -0.497 e. The Hall–Kier alpha value is -3.16. The maximum atomic E-state index is 13.7. The zero-order valence-corrected chi connectivity index (χ0v) is 14.6. The molecule has 0 radical (unpaired) electrons. The lowest BCUT2D eigenvalue weighted by Gasteiger charge is -2.15. The fraction of sp³-hybridized carbons (Fsp3) is 0.211. The van der Waals surface area contributed by atoms with E-state index in [0.29, 0.717) is 5.75 Å². The molecule has 0 saturated heterocycles. The van der Waals surface area contributed by atoms with E-state index < -0.39 is 22.9 Å². The van der Waals surface area contributed by atoms with Crippen LogP contribution in [0.5, 0.6) is 17.2 Å². The van der Waals surface area contributed by atoms with Crippen LogP contribution in [0.3, 0.4) is 0 Å². The van der Waals surface area contributed by atoms with Gasteiger partial charge in [-0.3, -0.25) is 4.79 Å². The molecule has 3 aromatic rings. The first kappa shape index (κ1) is 18.6. The van der Waals surface area contributed by atoms with Crippen molar-refractivity contribution in [3.63, 3.8) is 0 Å². The number of hydrogen-bond acceptors (Lipinski definition) is 5. The molecule has 2 aromatic carbocycles. The van der Waals surface area contributed by atoms with Gasteiger partial charge in [0.25, 0.3) is 0 Å². The summed E-state index contributed by atoms with van der Waals surface area (Å²) in [6.07, 6.45) is -4.92. The predicted molar refractivity (Wildman–Crippen MR) is 92.6 cm³/mol. The lowest BCUT2D eigenvalue weighted by atomic mass is 10.0. The summed E-state index contributed by atoms with van der Waals surface area (Å²) in [5, 5.41) is -0.303. The van der Waals surface area contributed by atoms with Crippen LogP contribution in [0.25, 0.3) is 22.3 Å². The largest absolute Gasteiger partial charge is 0.497 e. The van der Waals surface area contributed by atoms with Gasteiger partial charge in [0.1, 0.15) is 33.8 Å². The Morgan fingerprint density at radius 1 is 0.889 bits per heavy atom. The van der Waals surface area contributed by atoms with Gasteiger partial charge in [-0.15, -0.1) is 0 Å². The molecule has 0 spiro atoms. The summed E-state index contributed by atoms with van der Waals surface area (Å²) in [5.41, 5.74) is -2.61. The highest BCUT2D eigenvalue weighted by molar-refractivity contribution is 5.87. The number of hydrogen-bond donors (Lipinski definition) is 0. The number of alkyl halides is 3. The summed E-state index contributed by atoms with van der Waals surface area (Å²) in [6, 6.07) is 8.39. The topological polar surface area (TPSA) is 57.9 Å². The highest BCUT2D eigenvalue weighted by Gasteiger charge is 2.40. The van der Waals surface area contributed by atoms with E-state index in [2.05, 4.69) is 0 Å². The Bertz CT molecular complexity index is 1040. The highest BCUT2D eigenvalue weighted by atomic mass is 19.4. The van der Waals surface area contributed by atoms with Gasteiger partial charge in [0.15, 0.2) is 5.76 Å². The van der Waals surface area contributed by atoms with Crippen molar-refractivity contribution in [2.24, 2.45) is 0 Å². The molecule has 0 aliphatic rings. The molecule has 0 amide bonds. The lowest BCUT2D eigenvalue weighted by molar-refractivity contribution is -0.138. The average Bonchev–Trinajstić information content (AvgIpc) is 2.65. The van der Waals surface area contributed by atoms with Gasteiger partial charge < -0.3 is 18.6 Å². The van der Waals surface area contributed by atoms with Crippen molar-refractivity contribution in [2.75, 3.05) is 21.3 Å². The molecule has 0 bridgehead atoms. The Morgan fingerprint density at radius 2 is 1.52 bits per heavy atom. The Kier molecular flexibility index (Phi) is 4.73. The summed E-state index contributed by atoms with van der Waals surface area (Å²) < 4.78 is 61.8. The van der Waals surface area contributed by atoms with Gasteiger partial charge in [-0.1, -0.05) is 0 Å². The van der Waals surface area contributed by atoms with Crippen LogP contribution >= 0.6 is 0 Å². The number of fused-ring (bicyclic) bond motifs is 1. The number of rotatable bonds is 4. The first-order valence-electron chi connectivity index (χ1n) is 7.74. The molecule has 3 rings (SSSR count). The summed E-state index contributed by atoms with van der Waals surface area (Å²) >= 11 is 0. The van der Waals surface area contributed by atoms with Crippen LogP contribution in [0.4, 0.5) is 13.2 Å². The third-order valence-electron chi connectivity index (χ3n) is 4.02. The minimum atomic E-state index is -4.92. The van der Waals surface area contributed by atoms with Gasteiger partial charge in [-0.25, -0.2) is 0 Å². The second-order valence-corrected chi connectivity index (χ2v) is 5.56. The molecule has 142 valence electrons. The smallest absolute Gasteiger partial charge is 0.423 e. The maximum absolute atomic E-state index is 13.7. The summed E-state index contributed by atoms with van der Waals surface area (Å²) in [6.45, 7) is 0. The summed E-state index contributed by atoms with van der Waals surface area (Å²) in [4.78, 5) is 12.7. The van der Waals surface area contributed by atoms with Gasteiger partial charge in [0, 0.05) is 17.7 Å². The third-order valence-corrected chi connectivity index (χ3v) is 4.02. The van der Waals surface area contributed by atoms with Crippen molar-refractivity contribution in [1.82, 2.24) is 0 Å². The van der Waals surface area contributed by atoms with Crippen LogP contribution < -0.4 is 19.6 Å². The number of halogens is 3. The molecule has 0 N–H and O–H groups in total. The van der Waals surface area contributed by atoms with Gasteiger partial charge >= 0.3 is 6.18 Å². The first-order chi connectivity index (χ1) is 12.8. The van der Waals surface area contributed by atoms with E-state index in [0.717, 1.165) is 0 Å². The standard InChI is InChI=1S/C19H15F3O5/c1-24-11-6-4-10(5-7-11)18-16(19(20,21)22)17(23)15-13(26-3)8-12(25-2)9-14(15)27-18/h4-9H,1-3H3. The number of benzene rings is 2. The minimum absolute atomic E-state index is 0.0649. The molecule has 0 aliphatic heterocycles. The second kappa shape index (κ2) is 6.86. The monoisotopic (exact) mass is 380 g/mol.